The molecule has 0 saturated heterocycles. The monoisotopic (exact) mass is 640 g/mol. The number of Topliss-reactive ketones (excluding diaryl/α,β-unsaturated/α-hetero) is 1. The van der Waals surface area contributed by atoms with E-state index in [9.17, 15) is 14.4 Å². The highest BCUT2D eigenvalue weighted by atomic mass is 16.6. The number of unbranched alkanes of at least 4 members (excludes halogenated alkanes) is 3. The molecule has 0 aliphatic heterocycles. The van der Waals surface area contributed by atoms with Crippen LogP contribution in [0.2, 0.25) is 0 Å². The fourth-order valence-electron chi connectivity index (χ4n) is 6.05. The summed E-state index contributed by atoms with van der Waals surface area (Å²) in [6.45, 7) is 0.904. The van der Waals surface area contributed by atoms with Crippen LogP contribution in [0.15, 0.2) is 72.8 Å². The fraction of sp³-hybridized carbons (Fsp3) is 0.425. The summed E-state index contributed by atoms with van der Waals surface area (Å²) < 4.78 is 21.8. The average molecular weight is 641 g/mol. The third-order valence-corrected chi connectivity index (χ3v) is 8.61. The lowest BCUT2D eigenvalue weighted by molar-refractivity contribution is -0.154. The van der Waals surface area contributed by atoms with Crippen LogP contribution >= 0.6 is 0 Å². The summed E-state index contributed by atoms with van der Waals surface area (Å²) in [5.74, 6) is 0.404. The van der Waals surface area contributed by atoms with Crippen LogP contribution < -0.4 is 4.74 Å². The molecule has 0 heterocycles. The predicted octanol–water partition coefficient (Wildman–Crippen LogP) is 7.70. The summed E-state index contributed by atoms with van der Waals surface area (Å²) in [5.41, 5.74) is 6.57. The van der Waals surface area contributed by atoms with E-state index in [1.54, 1.807) is 0 Å². The SMILES string of the molecule is COC(=O)CCCOC(Cc1ccccc1CCCCCCOc1ccc2c(c1CC=Cc1ccccc1)CCCC2=O)C(=O)OC. The smallest absolute Gasteiger partial charge is 0.335 e. The van der Waals surface area contributed by atoms with Gasteiger partial charge in [-0.1, -0.05) is 79.6 Å². The van der Waals surface area contributed by atoms with Crippen molar-refractivity contribution >= 4 is 23.8 Å². The molecule has 0 saturated carbocycles. The second-order valence-corrected chi connectivity index (χ2v) is 11.9. The Morgan fingerprint density at radius 2 is 1.57 bits per heavy atom. The molecule has 1 atom stereocenters. The van der Waals surface area contributed by atoms with Gasteiger partial charge >= 0.3 is 11.9 Å². The number of fused-ring (bicyclic) bond motifs is 1. The first-order chi connectivity index (χ1) is 23.0. The Morgan fingerprint density at radius 3 is 2.36 bits per heavy atom. The standard InChI is InChI=1S/C40H48O7/c1-44-39(42)24-14-28-47-38(40(43)45-2)29-32-20-10-9-19-31(32)18-8-3-4-11-27-46-37-26-25-34-33(21-13-23-36(34)41)35(37)22-12-17-30-15-6-5-7-16-30/h5-7,9-10,12,15-17,19-20,25-26,38H,3-4,8,11,13-14,18,21-24,27-29H2,1-2H3. The van der Waals surface area contributed by atoms with Gasteiger partial charge in [0.25, 0.3) is 0 Å². The molecule has 0 radical (unpaired) electrons. The van der Waals surface area contributed by atoms with Crippen molar-refractivity contribution < 1.29 is 33.3 Å². The van der Waals surface area contributed by atoms with Crippen LogP contribution in [0.25, 0.3) is 6.08 Å². The number of esters is 2. The molecular weight excluding hydrogens is 592 g/mol. The lowest BCUT2D eigenvalue weighted by Crippen LogP contribution is -2.29. The molecule has 0 spiro atoms. The van der Waals surface area contributed by atoms with Gasteiger partial charge in [0.1, 0.15) is 5.75 Å². The summed E-state index contributed by atoms with van der Waals surface area (Å²) in [6, 6.07) is 22.3. The van der Waals surface area contributed by atoms with Gasteiger partial charge in [-0.05, 0) is 79.3 Å². The highest BCUT2D eigenvalue weighted by molar-refractivity contribution is 5.99. The molecule has 0 fully saturated rings. The highest BCUT2D eigenvalue weighted by Gasteiger charge is 2.23. The van der Waals surface area contributed by atoms with Crippen LogP contribution in [0.3, 0.4) is 0 Å². The summed E-state index contributed by atoms with van der Waals surface area (Å²) in [6.07, 6.45) is 12.8. The van der Waals surface area contributed by atoms with Gasteiger partial charge in [0, 0.05) is 37.0 Å². The van der Waals surface area contributed by atoms with Crippen LogP contribution in [0, 0.1) is 0 Å². The Balaban J connectivity index is 1.26. The van der Waals surface area contributed by atoms with E-state index in [0.717, 1.165) is 84.9 Å². The van der Waals surface area contributed by atoms with E-state index in [-0.39, 0.29) is 24.8 Å². The third kappa shape index (κ3) is 11.2. The second-order valence-electron chi connectivity index (χ2n) is 11.9. The number of benzene rings is 3. The number of methoxy groups -OCH3 is 2. The van der Waals surface area contributed by atoms with E-state index in [1.807, 2.05) is 48.5 Å². The molecule has 250 valence electrons. The Labute approximate surface area is 279 Å². The zero-order valence-electron chi connectivity index (χ0n) is 27.8. The lowest BCUT2D eigenvalue weighted by Gasteiger charge is -2.21. The number of carbonyl (C=O) groups excluding carboxylic acids is 3. The number of aryl methyl sites for hydroxylation is 1. The number of hydrogen-bond acceptors (Lipinski definition) is 7. The van der Waals surface area contributed by atoms with Gasteiger partial charge in [-0.3, -0.25) is 9.59 Å². The van der Waals surface area contributed by atoms with Crippen LogP contribution in [0.4, 0.5) is 0 Å². The zero-order valence-corrected chi connectivity index (χ0v) is 27.8. The first-order valence-electron chi connectivity index (χ1n) is 16.9. The summed E-state index contributed by atoms with van der Waals surface area (Å²) >= 11 is 0. The summed E-state index contributed by atoms with van der Waals surface area (Å²) in [7, 11) is 2.72. The van der Waals surface area contributed by atoms with Gasteiger partial charge in [-0.25, -0.2) is 4.79 Å². The molecule has 3 aromatic rings. The maximum atomic E-state index is 12.6. The summed E-state index contributed by atoms with van der Waals surface area (Å²) in [5, 5.41) is 0. The molecule has 0 N–H and O–H groups in total. The van der Waals surface area contributed by atoms with Crippen LogP contribution in [0.5, 0.6) is 5.75 Å². The minimum absolute atomic E-state index is 0.233. The number of ketones is 1. The van der Waals surface area contributed by atoms with E-state index >= 15 is 0 Å². The van der Waals surface area contributed by atoms with Crippen molar-refractivity contribution in [3.63, 3.8) is 0 Å². The molecule has 7 heteroatoms. The van der Waals surface area contributed by atoms with Gasteiger partial charge in [0.15, 0.2) is 11.9 Å². The maximum Gasteiger partial charge on any atom is 0.335 e. The number of hydrogen-bond donors (Lipinski definition) is 0. The van der Waals surface area contributed by atoms with Gasteiger partial charge < -0.3 is 18.9 Å². The van der Waals surface area contributed by atoms with E-state index < -0.39 is 12.1 Å². The Kier molecular flexibility index (Phi) is 14.7. The Morgan fingerprint density at radius 1 is 0.809 bits per heavy atom. The number of rotatable bonds is 19. The number of ether oxygens (including phenoxy) is 4. The Hall–Kier alpha value is -4.23. The first-order valence-corrected chi connectivity index (χ1v) is 16.9. The van der Waals surface area contributed by atoms with E-state index in [2.05, 4.69) is 35.1 Å². The minimum Gasteiger partial charge on any atom is -0.493 e. The summed E-state index contributed by atoms with van der Waals surface area (Å²) in [4.78, 5) is 36.4. The van der Waals surface area contributed by atoms with Crippen molar-refractivity contribution in [3.05, 3.63) is 106 Å². The van der Waals surface area contributed by atoms with Crippen molar-refractivity contribution in [2.75, 3.05) is 27.4 Å². The third-order valence-electron chi connectivity index (χ3n) is 8.61. The molecule has 0 amide bonds. The zero-order chi connectivity index (χ0) is 33.3. The first kappa shape index (κ1) is 35.6. The van der Waals surface area contributed by atoms with E-state index in [4.69, 9.17) is 14.2 Å². The maximum absolute atomic E-state index is 12.6. The van der Waals surface area contributed by atoms with E-state index in [1.165, 1.54) is 19.8 Å². The topological polar surface area (TPSA) is 88.1 Å². The number of carbonyl (C=O) groups is 3. The lowest BCUT2D eigenvalue weighted by atomic mass is 9.86. The molecule has 1 aliphatic rings. The van der Waals surface area contributed by atoms with Gasteiger partial charge in [-0.15, -0.1) is 0 Å². The van der Waals surface area contributed by atoms with Crippen LogP contribution in [-0.2, 0) is 49.5 Å². The quantitative estimate of drug-likeness (QED) is 0.0980. The van der Waals surface area contributed by atoms with Crippen LogP contribution in [-0.4, -0.2) is 51.3 Å². The van der Waals surface area contributed by atoms with Crippen molar-refractivity contribution in [1.29, 1.82) is 0 Å². The molecule has 3 aromatic carbocycles. The largest absolute Gasteiger partial charge is 0.493 e. The highest BCUT2D eigenvalue weighted by Crippen LogP contribution is 2.32. The second kappa shape index (κ2) is 19.4. The molecule has 1 aliphatic carbocycles. The molecule has 1 unspecified atom stereocenters. The fourth-order valence-corrected chi connectivity index (χ4v) is 6.05. The number of allylic oxidation sites excluding steroid dienone is 1. The van der Waals surface area contributed by atoms with Crippen molar-refractivity contribution in [2.24, 2.45) is 0 Å². The van der Waals surface area contributed by atoms with Gasteiger partial charge in [0.2, 0.25) is 0 Å². The van der Waals surface area contributed by atoms with Crippen molar-refractivity contribution in [2.45, 2.75) is 83.2 Å². The molecule has 0 aromatic heterocycles. The minimum atomic E-state index is -0.726. The van der Waals surface area contributed by atoms with Crippen LogP contribution in [0.1, 0.15) is 89.5 Å². The average Bonchev–Trinajstić information content (AvgIpc) is 3.10. The van der Waals surface area contributed by atoms with E-state index in [0.29, 0.717) is 25.9 Å². The normalized spacial score (nSPS) is 13.3. The Bertz CT molecular complexity index is 1480. The molecule has 7 nitrogen and oxygen atoms in total. The predicted molar refractivity (Wildman–Crippen MR) is 184 cm³/mol. The van der Waals surface area contributed by atoms with Gasteiger partial charge in [0.05, 0.1) is 20.8 Å². The van der Waals surface area contributed by atoms with Crippen molar-refractivity contribution in [3.8, 4) is 5.75 Å². The van der Waals surface area contributed by atoms with Crippen molar-refractivity contribution in [1.82, 2.24) is 0 Å². The molecule has 4 rings (SSSR count). The van der Waals surface area contributed by atoms with Gasteiger partial charge in [-0.2, -0.15) is 0 Å². The molecular formula is C40H48O7. The molecule has 0 bridgehead atoms. The molecule has 47 heavy (non-hydrogen) atoms.